The lowest BCUT2D eigenvalue weighted by Crippen LogP contribution is -2.37. The Kier molecular flexibility index (Phi) is 3.10. The van der Waals surface area contributed by atoms with Gasteiger partial charge in [0.15, 0.2) is 0 Å². The van der Waals surface area contributed by atoms with E-state index in [1.165, 1.54) is 6.07 Å². The first kappa shape index (κ1) is 12.9. The minimum Gasteiger partial charge on any atom is -0.478 e. The molecule has 0 saturated heterocycles. The van der Waals surface area contributed by atoms with Gasteiger partial charge < -0.3 is 14.8 Å². The number of aromatic amines is 1. The SMILES string of the molecule is CCOC1CC(n2c(=O)[nH]c3c(C(=O)O)cccc32)C1. The molecule has 2 N–H and O–H groups in total. The predicted octanol–water partition coefficient (Wildman–Crippen LogP) is 1.77. The summed E-state index contributed by atoms with van der Waals surface area (Å²) in [5.74, 6) is -1.04. The Bertz CT molecular complexity index is 710. The number of fused-ring (bicyclic) bond motifs is 1. The van der Waals surface area contributed by atoms with Gasteiger partial charge in [0.25, 0.3) is 0 Å². The molecule has 1 aliphatic carbocycles. The van der Waals surface area contributed by atoms with Crippen LogP contribution >= 0.6 is 0 Å². The number of imidazole rings is 1. The zero-order valence-electron chi connectivity index (χ0n) is 11.1. The summed E-state index contributed by atoms with van der Waals surface area (Å²) in [6, 6.07) is 5.01. The van der Waals surface area contributed by atoms with Crippen LogP contribution < -0.4 is 5.69 Å². The number of hydrogen-bond acceptors (Lipinski definition) is 3. The van der Waals surface area contributed by atoms with Crippen LogP contribution in [0.5, 0.6) is 0 Å². The van der Waals surface area contributed by atoms with Gasteiger partial charge in [-0.1, -0.05) is 6.07 Å². The summed E-state index contributed by atoms with van der Waals surface area (Å²) >= 11 is 0. The smallest absolute Gasteiger partial charge is 0.337 e. The van der Waals surface area contributed by atoms with Crippen molar-refractivity contribution in [2.75, 3.05) is 6.61 Å². The second-order valence-corrected chi connectivity index (χ2v) is 5.01. The first-order chi connectivity index (χ1) is 9.61. The number of H-pyrrole nitrogens is 1. The van der Waals surface area contributed by atoms with Crippen LogP contribution in [0, 0.1) is 0 Å². The molecule has 0 spiro atoms. The summed E-state index contributed by atoms with van der Waals surface area (Å²) < 4.78 is 7.15. The van der Waals surface area contributed by atoms with Crippen molar-refractivity contribution in [3.05, 3.63) is 34.2 Å². The fourth-order valence-electron chi connectivity index (χ4n) is 2.81. The van der Waals surface area contributed by atoms with Crippen LogP contribution in [0.1, 0.15) is 36.2 Å². The maximum Gasteiger partial charge on any atom is 0.337 e. The summed E-state index contributed by atoms with van der Waals surface area (Å²) in [7, 11) is 0. The largest absolute Gasteiger partial charge is 0.478 e. The molecule has 0 amide bonds. The van der Waals surface area contributed by atoms with Crippen molar-refractivity contribution in [2.24, 2.45) is 0 Å². The van der Waals surface area contributed by atoms with E-state index in [4.69, 9.17) is 9.84 Å². The molecule has 1 aliphatic rings. The maximum absolute atomic E-state index is 12.1. The van der Waals surface area contributed by atoms with Crippen LogP contribution in [0.3, 0.4) is 0 Å². The molecule has 0 unspecified atom stereocenters. The molecule has 20 heavy (non-hydrogen) atoms. The number of rotatable bonds is 4. The standard InChI is InChI=1S/C14H16N2O4/c1-2-20-9-6-8(7-9)16-11-5-3-4-10(13(17)18)12(11)15-14(16)19/h3-5,8-9H,2,6-7H2,1H3,(H,15,19)(H,17,18). The van der Waals surface area contributed by atoms with Gasteiger partial charge in [-0.3, -0.25) is 4.57 Å². The summed E-state index contributed by atoms with van der Waals surface area (Å²) in [5, 5.41) is 9.15. The number of benzene rings is 1. The van der Waals surface area contributed by atoms with E-state index >= 15 is 0 Å². The van der Waals surface area contributed by atoms with Gasteiger partial charge in [-0.05, 0) is 31.9 Å². The third-order valence-electron chi connectivity index (χ3n) is 3.82. The summed E-state index contributed by atoms with van der Waals surface area (Å²) in [6.45, 7) is 2.62. The minimum atomic E-state index is -1.04. The highest BCUT2D eigenvalue weighted by Crippen LogP contribution is 2.35. The van der Waals surface area contributed by atoms with Crippen LogP contribution in [-0.2, 0) is 4.74 Å². The van der Waals surface area contributed by atoms with Gasteiger partial charge in [0.2, 0.25) is 0 Å². The van der Waals surface area contributed by atoms with Crippen molar-refractivity contribution in [3.8, 4) is 0 Å². The van der Waals surface area contributed by atoms with Crippen LogP contribution in [0.2, 0.25) is 0 Å². The average molecular weight is 276 g/mol. The number of aromatic nitrogens is 2. The first-order valence-corrected chi connectivity index (χ1v) is 6.70. The highest BCUT2D eigenvalue weighted by atomic mass is 16.5. The van der Waals surface area contributed by atoms with E-state index in [0.717, 1.165) is 12.8 Å². The molecule has 6 nitrogen and oxygen atoms in total. The molecular weight excluding hydrogens is 260 g/mol. The van der Waals surface area contributed by atoms with E-state index in [0.29, 0.717) is 17.6 Å². The number of carboxylic acids is 1. The number of carbonyl (C=O) groups is 1. The fourth-order valence-corrected chi connectivity index (χ4v) is 2.81. The zero-order valence-corrected chi connectivity index (χ0v) is 11.1. The molecule has 1 aromatic carbocycles. The molecule has 0 bridgehead atoms. The van der Waals surface area contributed by atoms with Crippen LogP contribution in [-0.4, -0.2) is 33.3 Å². The van der Waals surface area contributed by atoms with Crippen LogP contribution in [0.15, 0.2) is 23.0 Å². The van der Waals surface area contributed by atoms with Gasteiger partial charge in [0, 0.05) is 12.6 Å². The summed E-state index contributed by atoms with van der Waals surface area (Å²) in [6.07, 6.45) is 1.78. The first-order valence-electron chi connectivity index (χ1n) is 6.70. The van der Waals surface area contributed by atoms with Crippen molar-refractivity contribution < 1.29 is 14.6 Å². The van der Waals surface area contributed by atoms with Crippen molar-refractivity contribution >= 4 is 17.0 Å². The van der Waals surface area contributed by atoms with E-state index in [1.54, 1.807) is 16.7 Å². The molecule has 0 atom stereocenters. The van der Waals surface area contributed by atoms with Gasteiger partial charge in [-0.25, -0.2) is 9.59 Å². The quantitative estimate of drug-likeness (QED) is 0.891. The van der Waals surface area contributed by atoms with E-state index in [1.807, 2.05) is 6.92 Å². The molecule has 0 aliphatic heterocycles. The Morgan fingerprint density at radius 3 is 2.90 bits per heavy atom. The Labute approximate surface area is 115 Å². The van der Waals surface area contributed by atoms with Crippen LogP contribution in [0.4, 0.5) is 0 Å². The molecule has 106 valence electrons. The van der Waals surface area contributed by atoms with Gasteiger partial charge in [-0.2, -0.15) is 0 Å². The third-order valence-corrected chi connectivity index (χ3v) is 3.82. The molecule has 1 fully saturated rings. The third kappa shape index (κ3) is 1.92. The average Bonchev–Trinajstić information content (AvgIpc) is 2.69. The molecule has 1 aromatic heterocycles. The second-order valence-electron chi connectivity index (χ2n) is 5.01. The Morgan fingerprint density at radius 1 is 1.50 bits per heavy atom. The van der Waals surface area contributed by atoms with Gasteiger partial charge in [0.05, 0.1) is 22.7 Å². The summed E-state index contributed by atoms with van der Waals surface area (Å²) in [5.41, 5.74) is 0.910. The minimum absolute atomic E-state index is 0.0804. The number of carboxylic acid groups (broad SMARTS) is 1. The van der Waals surface area contributed by atoms with E-state index in [9.17, 15) is 9.59 Å². The lowest BCUT2D eigenvalue weighted by atomic mass is 9.89. The number of ether oxygens (including phenoxy) is 1. The Morgan fingerprint density at radius 2 is 2.25 bits per heavy atom. The van der Waals surface area contributed by atoms with Crippen molar-refractivity contribution in [3.63, 3.8) is 0 Å². The number of para-hydroxylation sites is 1. The Balaban J connectivity index is 2.01. The highest BCUT2D eigenvalue weighted by Gasteiger charge is 2.33. The van der Waals surface area contributed by atoms with E-state index < -0.39 is 5.97 Å². The molecule has 0 radical (unpaired) electrons. The van der Waals surface area contributed by atoms with Gasteiger partial charge in [-0.15, -0.1) is 0 Å². The lowest BCUT2D eigenvalue weighted by molar-refractivity contribution is -0.0194. The number of hydrogen-bond donors (Lipinski definition) is 2. The fraction of sp³-hybridized carbons (Fsp3) is 0.429. The Hall–Kier alpha value is -2.08. The topological polar surface area (TPSA) is 84.3 Å². The zero-order chi connectivity index (χ0) is 14.3. The summed E-state index contributed by atoms with van der Waals surface area (Å²) in [4.78, 5) is 25.9. The van der Waals surface area contributed by atoms with Gasteiger partial charge >= 0.3 is 11.7 Å². The van der Waals surface area contributed by atoms with Crippen molar-refractivity contribution in [1.82, 2.24) is 9.55 Å². The van der Waals surface area contributed by atoms with Crippen molar-refractivity contribution in [2.45, 2.75) is 31.9 Å². The van der Waals surface area contributed by atoms with Crippen LogP contribution in [0.25, 0.3) is 11.0 Å². The highest BCUT2D eigenvalue weighted by molar-refractivity contribution is 6.00. The van der Waals surface area contributed by atoms with Crippen molar-refractivity contribution in [1.29, 1.82) is 0 Å². The molecular formula is C14H16N2O4. The van der Waals surface area contributed by atoms with E-state index in [2.05, 4.69) is 4.98 Å². The number of nitrogens with zero attached hydrogens (tertiary/aromatic N) is 1. The molecule has 1 heterocycles. The number of aromatic carboxylic acids is 1. The predicted molar refractivity (Wildman–Crippen MR) is 73.2 cm³/mol. The van der Waals surface area contributed by atoms with E-state index in [-0.39, 0.29) is 23.4 Å². The van der Waals surface area contributed by atoms with Gasteiger partial charge in [0.1, 0.15) is 0 Å². The molecule has 2 aromatic rings. The molecule has 1 saturated carbocycles. The normalized spacial score (nSPS) is 21.9. The molecule has 6 heteroatoms. The monoisotopic (exact) mass is 276 g/mol. The second kappa shape index (κ2) is 4.79. The molecule has 3 rings (SSSR count). The number of nitrogens with one attached hydrogen (secondary N) is 1. The lowest BCUT2D eigenvalue weighted by Gasteiger charge is -2.35. The maximum atomic E-state index is 12.1.